The Morgan fingerprint density at radius 2 is 1.97 bits per heavy atom. The number of aromatic hydroxyl groups is 1. The summed E-state index contributed by atoms with van der Waals surface area (Å²) in [6, 6.07) is 10.7. The first kappa shape index (κ1) is 25.0. The highest BCUT2D eigenvalue weighted by molar-refractivity contribution is 7.92. The largest absolute Gasteiger partial charge is 0.508 e. The van der Waals surface area contributed by atoms with E-state index in [1.807, 2.05) is 6.92 Å². The van der Waals surface area contributed by atoms with Gasteiger partial charge < -0.3 is 15.2 Å². The second-order valence-corrected chi connectivity index (χ2v) is 11.3. The van der Waals surface area contributed by atoms with Crippen molar-refractivity contribution in [2.24, 2.45) is 5.92 Å². The molecule has 0 unspecified atom stereocenters. The number of nitrogens with zero attached hydrogens (tertiary/aromatic N) is 1. The first-order chi connectivity index (χ1) is 16.7. The fraction of sp³-hybridized carbons (Fsp3) is 0.360. The molecule has 4 rings (SSSR count). The SMILES string of the molecule is COc1ccc(-c2sc(NC(=O)CCC3CCCC3)nc2C)cc1S(=O)(=O)Nc1cccc(O)c1. The maximum absolute atomic E-state index is 13.2. The number of nitrogens with one attached hydrogen (secondary N) is 2. The molecule has 1 aliphatic carbocycles. The number of hydrogen-bond acceptors (Lipinski definition) is 7. The number of anilines is 2. The molecule has 2 aromatic carbocycles. The van der Waals surface area contributed by atoms with E-state index in [9.17, 15) is 18.3 Å². The van der Waals surface area contributed by atoms with E-state index in [1.54, 1.807) is 24.3 Å². The Bertz CT molecular complexity index is 1310. The van der Waals surface area contributed by atoms with Crippen LogP contribution in [-0.4, -0.2) is 31.5 Å². The monoisotopic (exact) mass is 515 g/mol. The third kappa shape index (κ3) is 6.12. The van der Waals surface area contributed by atoms with Gasteiger partial charge in [0, 0.05) is 12.5 Å². The van der Waals surface area contributed by atoms with Gasteiger partial charge in [-0.15, -0.1) is 0 Å². The second kappa shape index (κ2) is 10.7. The molecule has 35 heavy (non-hydrogen) atoms. The lowest BCUT2D eigenvalue weighted by Gasteiger charge is -2.13. The lowest BCUT2D eigenvalue weighted by Crippen LogP contribution is -2.14. The smallest absolute Gasteiger partial charge is 0.265 e. The summed E-state index contributed by atoms with van der Waals surface area (Å²) in [5.41, 5.74) is 1.56. The Hall–Kier alpha value is -3.11. The highest BCUT2D eigenvalue weighted by Crippen LogP contribution is 2.37. The minimum atomic E-state index is -4.02. The molecule has 10 heteroatoms. The van der Waals surface area contributed by atoms with Crippen molar-refractivity contribution in [3.05, 3.63) is 48.2 Å². The van der Waals surface area contributed by atoms with Crippen LogP contribution < -0.4 is 14.8 Å². The van der Waals surface area contributed by atoms with Crippen LogP contribution >= 0.6 is 11.3 Å². The van der Waals surface area contributed by atoms with Gasteiger partial charge in [0.15, 0.2) is 5.13 Å². The molecule has 1 aromatic heterocycles. The summed E-state index contributed by atoms with van der Waals surface area (Å²) in [4.78, 5) is 17.6. The van der Waals surface area contributed by atoms with Crippen LogP contribution in [0.1, 0.15) is 44.2 Å². The molecule has 1 saturated carbocycles. The molecule has 8 nitrogen and oxygen atoms in total. The molecule has 1 fully saturated rings. The van der Waals surface area contributed by atoms with E-state index >= 15 is 0 Å². The molecule has 0 spiro atoms. The summed E-state index contributed by atoms with van der Waals surface area (Å²) in [7, 11) is -2.61. The molecule has 0 aliphatic heterocycles. The van der Waals surface area contributed by atoms with E-state index in [0.717, 1.165) is 11.3 Å². The van der Waals surface area contributed by atoms with E-state index in [-0.39, 0.29) is 28.0 Å². The van der Waals surface area contributed by atoms with Crippen LogP contribution in [0.2, 0.25) is 0 Å². The first-order valence-electron chi connectivity index (χ1n) is 11.5. The molecule has 1 aliphatic rings. The molecule has 0 atom stereocenters. The quantitative estimate of drug-likeness (QED) is 0.344. The molecule has 1 heterocycles. The zero-order valence-corrected chi connectivity index (χ0v) is 21.3. The number of methoxy groups -OCH3 is 1. The van der Waals surface area contributed by atoms with Crippen LogP contribution in [0.25, 0.3) is 10.4 Å². The number of aryl methyl sites for hydroxylation is 1. The lowest BCUT2D eigenvalue weighted by atomic mass is 10.0. The van der Waals surface area contributed by atoms with Crippen molar-refractivity contribution in [2.45, 2.75) is 50.3 Å². The van der Waals surface area contributed by atoms with E-state index in [0.29, 0.717) is 28.7 Å². The number of carbonyl (C=O) groups excluding carboxylic acids is 1. The molecule has 186 valence electrons. The molecule has 3 N–H and O–H groups in total. The molecular formula is C25H29N3O5S2. The van der Waals surface area contributed by atoms with E-state index in [1.165, 1.54) is 62.3 Å². The van der Waals surface area contributed by atoms with Crippen molar-refractivity contribution in [3.63, 3.8) is 0 Å². The van der Waals surface area contributed by atoms with Crippen LogP contribution in [0.3, 0.4) is 0 Å². The first-order valence-corrected chi connectivity index (χ1v) is 13.8. The minimum absolute atomic E-state index is 0.0456. The number of amides is 1. The summed E-state index contributed by atoms with van der Waals surface area (Å²) in [6.45, 7) is 1.82. The normalized spacial score (nSPS) is 14.1. The number of rotatable bonds is 9. The summed E-state index contributed by atoms with van der Waals surface area (Å²) < 4.78 is 34.1. The Labute approximate surface area is 209 Å². The lowest BCUT2D eigenvalue weighted by molar-refractivity contribution is -0.116. The number of aromatic nitrogens is 1. The van der Waals surface area contributed by atoms with Gasteiger partial charge in [0.2, 0.25) is 5.91 Å². The van der Waals surface area contributed by atoms with Crippen molar-refractivity contribution < 1.29 is 23.1 Å². The van der Waals surface area contributed by atoms with E-state index in [2.05, 4.69) is 15.0 Å². The Balaban J connectivity index is 1.54. The number of phenols is 1. The summed E-state index contributed by atoms with van der Waals surface area (Å²) in [5, 5.41) is 13.0. The van der Waals surface area contributed by atoms with E-state index in [4.69, 9.17) is 4.74 Å². The zero-order valence-electron chi connectivity index (χ0n) is 19.7. The standard InChI is InChI=1S/C25H29N3O5S2/c1-16-24(34-25(26-16)27-23(30)13-10-17-6-3-4-7-17)18-11-12-21(33-2)22(14-18)35(31,32)28-19-8-5-9-20(29)15-19/h5,8-9,11-12,14-15,17,28-29H,3-4,6-7,10,13H2,1-2H3,(H,26,27,30). The predicted octanol–water partition coefficient (Wildman–Crippen LogP) is 5.54. The fourth-order valence-electron chi connectivity index (χ4n) is 4.34. The average Bonchev–Trinajstić information content (AvgIpc) is 3.46. The number of carbonyl (C=O) groups is 1. The molecule has 0 saturated heterocycles. The van der Waals surface area contributed by atoms with Crippen molar-refractivity contribution in [1.82, 2.24) is 4.98 Å². The van der Waals surface area contributed by atoms with Crippen LogP contribution in [0.15, 0.2) is 47.4 Å². The van der Waals surface area contributed by atoms with Gasteiger partial charge in [-0.2, -0.15) is 0 Å². The van der Waals surface area contributed by atoms with Gasteiger partial charge in [-0.25, -0.2) is 13.4 Å². The highest BCUT2D eigenvalue weighted by Gasteiger charge is 2.23. The van der Waals surface area contributed by atoms with Crippen LogP contribution in [0, 0.1) is 12.8 Å². The maximum Gasteiger partial charge on any atom is 0.265 e. The molecule has 3 aromatic rings. The summed E-state index contributed by atoms with van der Waals surface area (Å²) >= 11 is 1.31. The van der Waals surface area contributed by atoms with Gasteiger partial charge in [0.25, 0.3) is 10.0 Å². The molecule has 0 radical (unpaired) electrons. The van der Waals surface area contributed by atoms with Gasteiger partial charge in [-0.3, -0.25) is 9.52 Å². The van der Waals surface area contributed by atoms with Crippen LogP contribution in [0.5, 0.6) is 11.5 Å². The van der Waals surface area contributed by atoms with Crippen molar-refractivity contribution in [2.75, 3.05) is 17.1 Å². The average molecular weight is 516 g/mol. The number of benzene rings is 2. The van der Waals surface area contributed by atoms with Gasteiger partial charge in [0.05, 0.1) is 23.4 Å². The zero-order chi connectivity index (χ0) is 25.0. The number of phenolic OH excluding ortho intramolecular Hbond substituents is 1. The van der Waals surface area contributed by atoms with Crippen molar-refractivity contribution in [3.8, 4) is 21.9 Å². The third-order valence-electron chi connectivity index (χ3n) is 6.11. The summed E-state index contributed by atoms with van der Waals surface area (Å²) in [6.07, 6.45) is 6.29. The Morgan fingerprint density at radius 3 is 2.69 bits per heavy atom. The molecule has 0 bridgehead atoms. The number of ether oxygens (including phenoxy) is 1. The van der Waals surface area contributed by atoms with Gasteiger partial charge in [0.1, 0.15) is 16.4 Å². The summed E-state index contributed by atoms with van der Waals surface area (Å²) in [5.74, 6) is 0.723. The second-order valence-electron chi connectivity index (χ2n) is 8.69. The third-order valence-corrected chi connectivity index (χ3v) is 8.64. The van der Waals surface area contributed by atoms with E-state index < -0.39 is 10.0 Å². The van der Waals surface area contributed by atoms with Crippen molar-refractivity contribution >= 4 is 38.1 Å². The van der Waals surface area contributed by atoms with Gasteiger partial charge >= 0.3 is 0 Å². The maximum atomic E-state index is 13.2. The molecule has 1 amide bonds. The van der Waals surface area contributed by atoms with Gasteiger partial charge in [-0.05, 0) is 55.2 Å². The Kier molecular flexibility index (Phi) is 7.61. The number of thiazole rings is 1. The van der Waals surface area contributed by atoms with Crippen LogP contribution in [-0.2, 0) is 14.8 Å². The number of sulfonamides is 1. The minimum Gasteiger partial charge on any atom is -0.508 e. The van der Waals surface area contributed by atoms with Crippen LogP contribution in [0.4, 0.5) is 10.8 Å². The molecular weight excluding hydrogens is 486 g/mol. The fourth-order valence-corrected chi connectivity index (χ4v) is 6.57. The van der Waals surface area contributed by atoms with Crippen molar-refractivity contribution in [1.29, 1.82) is 0 Å². The topological polar surface area (TPSA) is 118 Å². The van der Waals surface area contributed by atoms with Gasteiger partial charge in [-0.1, -0.05) is 43.1 Å². The Morgan fingerprint density at radius 1 is 1.20 bits per heavy atom. The highest BCUT2D eigenvalue weighted by atomic mass is 32.2. The predicted molar refractivity (Wildman–Crippen MR) is 138 cm³/mol. The number of hydrogen-bond donors (Lipinski definition) is 3.